The number of esters is 1. The number of methoxy groups -OCH3 is 1. The van der Waals surface area contributed by atoms with Crippen molar-refractivity contribution in [3.05, 3.63) is 65.0 Å². The minimum absolute atomic E-state index is 0.217. The molecule has 2 heterocycles. The van der Waals surface area contributed by atoms with E-state index in [2.05, 4.69) is 66.6 Å². The lowest BCUT2D eigenvalue weighted by Crippen LogP contribution is -2.24. The van der Waals surface area contributed by atoms with E-state index in [1.807, 2.05) is 6.07 Å². The molecule has 4 rings (SSSR count). The van der Waals surface area contributed by atoms with Gasteiger partial charge in [-0.05, 0) is 61.5 Å². The Morgan fingerprint density at radius 2 is 1.62 bits per heavy atom. The monoisotopic (exact) mass is 529 g/mol. The third-order valence-corrected chi connectivity index (χ3v) is 7.30. The molecule has 0 radical (unpaired) electrons. The number of aromatic nitrogens is 3. The molecule has 39 heavy (non-hydrogen) atoms. The molecule has 7 nitrogen and oxygen atoms in total. The van der Waals surface area contributed by atoms with Crippen LogP contribution < -0.4 is 5.73 Å². The Hall–Kier alpha value is -3.45. The standard InChI is InChI=1S/C32H43N5O2/c1-5-8-9-28-35-30-31(26-16-14-23(15-17-29(38)39-4)20-27(26)34-32(30)33)37(28)22-25-12-10-24(11-13-25)21-36(18-6-2)19-7-3/h10-14,16,20H,5-9,15,17-19,21-22H2,1-4H3,(H2,33,34). The molecule has 0 saturated carbocycles. The van der Waals surface area contributed by atoms with E-state index in [0.29, 0.717) is 18.7 Å². The molecule has 0 bridgehead atoms. The maximum atomic E-state index is 11.6. The third-order valence-electron chi connectivity index (χ3n) is 7.30. The lowest BCUT2D eigenvalue weighted by molar-refractivity contribution is -0.140. The highest BCUT2D eigenvalue weighted by Crippen LogP contribution is 2.31. The molecule has 0 spiro atoms. The number of unbranched alkanes of at least 4 members (excludes halogenated alkanes) is 1. The Labute approximate surface area is 232 Å². The number of rotatable bonds is 14. The predicted octanol–water partition coefficient (Wildman–Crippen LogP) is 6.29. The van der Waals surface area contributed by atoms with Crippen LogP contribution in [0, 0.1) is 0 Å². The Kier molecular flexibility index (Phi) is 9.93. The number of carbonyl (C=O) groups excluding carboxylic acids is 1. The van der Waals surface area contributed by atoms with Gasteiger partial charge >= 0.3 is 5.97 Å². The number of benzene rings is 2. The van der Waals surface area contributed by atoms with Crippen molar-refractivity contribution in [3.63, 3.8) is 0 Å². The second kappa shape index (κ2) is 13.6. The van der Waals surface area contributed by atoms with E-state index in [1.54, 1.807) is 0 Å². The van der Waals surface area contributed by atoms with Crippen molar-refractivity contribution < 1.29 is 9.53 Å². The molecule has 2 N–H and O–H groups in total. The van der Waals surface area contributed by atoms with Crippen LogP contribution in [0.5, 0.6) is 0 Å². The van der Waals surface area contributed by atoms with Crippen molar-refractivity contribution in [2.75, 3.05) is 25.9 Å². The first-order valence-electron chi connectivity index (χ1n) is 14.4. The highest BCUT2D eigenvalue weighted by molar-refractivity contribution is 6.06. The van der Waals surface area contributed by atoms with Gasteiger partial charge in [-0.1, -0.05) is 63.6 Å². The molecule has 0 amide bonds. The van der Waals surface area contributed by atoms with Gasteiger partial charge in [0.1, 0.15) is 11.3 Å². The molecular weight excluding hydrogens is 486 g/mol. The summed E-state index contributed by atoms with van der Waals surface area (Å²) in [6, 6.07) is 15.2. The average Bonchev–Trinajstić information content (AvgIpc) is 3.30. The number of nitrogen functional groups attached to an aromatic ring is 1. The second-order valence-corrected chi connectivity index (χ2v) is 10.4. The summed E-state index contributed by atoms with van der Waals surface area (Å²) in [5.74, 6) is 1.27. The third kappa shape index (κ3) is 6.95. The number of nitrogens with two attached hydrogens (primary N) is 1. The SMILES string of the molecule is CCCCc1nc2c(N)nc3cc(CCC(=O)OC)ccc3c2n1Cc1ccc(CN(CCC)CCC)cc1. The zero-order valence-corrected chi connectivity index (χ0v) is 24.0. The molecule has 0 atom stereocenters. The first kappa shape index (κ1) is 28.6. The Morgan fingerprint density at radius 3 is 2.28 bits per heavy atom. The van der Waals surface area contributed by atoms with Gasteiger partial charge in [0.25, 0.3) is 0 Å². The quantitative estimate of drug-likeness (QED) is 0.193. The highest BCUT2D eigenvalue weighted by atomic mass is 16.5. The van der Waals surface area contributed by atoms with Crippen molar-refractivity contribution in [2.24, 2.45) is 0 Å². The van der Waals surface area contributed by atoms with Crippen molar-refractivity contribution in [1.82, 2.24) is 19.4 Å². The zero-order chi connectivity index (χ0) is 27.8. The summed E-state index contributed by atoms with van der Waals surface area (Å²) in [5.41, 5.74) is 12.7. The smallest absolute Gasteiger partial charge is 0.305 e. The van der Waals surface area contributed by atoms with Gasteiger partial charge in [-0.2, -0.15) is 0 Å². The van der Waals surface area contributed by atoms with Crippen LogP contribution in [-0.4, -0.2) is 45.6 Å². The van der Waals surface area contributed by atoms with E-state index < -0.39 is 0 Å². The van der Waals surface area contributed by atoms with Crippen LogP contribution in [-0.2, 0) is 35.5 Å². The fourth-order valence-corrected chi connectivity index (χ4v) is 5.30. The Balaban J connectivity index is 1.69. The molecule has 7 heteroatoms. The first-order chi connectivity index (χ1) is 19.0. The van der Waals surface area contributed by atoms with E-state index in [0.717, 1.165) is 78.8 Å². The number of nitrogens with zero attached hydrogens (tertiary/aromatic N) is 4. The van der Waals surface area contributed by atoms with Gasteiger partial charge in [0.05, 0.1) is 18.1 Å². The number of anilines is 1. The average molecular weight is 530 g/mol. The number of aryl methyl sites for hydroxylation is 2. The van der Waals surface area contributed by atoms with Gasteiger partial charge in [-0.3, -0.25) is 9.69 Å². The maximum Gasteiger partial charge on any atom is 0.305 e. The molecule has 208 valence electrons. The van der Waals surface area contributed by atoms with Crippen molar-refractivity contribution in [3.8, 4) is 0 Å². The molecule has 4 aromatic rings. The topological polar surface area (TPSA) is 86.3 Å². The van der Waals surface area contributed by atoms with Gasteiger partial charge in [0.15, 0.2) is 5.82 Å². The van der Waals surface area contributed by atoms with Crippen LogP contribution >= 0.6 is 0 Å². The largest absolute Gasteiger partial charge is 0.469 e. The minimum Gasteiger partial charge on any atom is -0.469 e. The molecular formula is C32H43N5O2. The van der Waals surface area contributed by atoms with Gasteiger partial charge in [-0.15, -0.1) is 0 Å². The second-order valence-electron chi connectivity index (χ2n) is 10.4. The van der Waals surface area contributed by atoms with Gasteiger partial charge in [0, 0.05) is 31.3 Å². The summed E-state index contributed by atoms with van der Waals surface area (Å²) in [6.45, 7) is 10.7. The predicted molar refractivity (Wildman–Crippen MR) is 160 cm³/mol. The van der Waals surface area contributed by atoms with Crippen molar-refractivity contribution in [1.29, 1.82) is 0 Å². The van der Waals surface area contributed by atoms with E-state index in [-0.39, 0.29) is 5.97 Å². The van der Waals surface area contributed by atoms with Gasteiger partial charge in [0.2, 0.25) is 0 Å². The van der Waals surface area contributed by atoms with Gasteiger partial charge in [-0.25, -0.2) is 9.97 Å². The number of pyridine rings is 1. The maximum absolute atomic E-state index is 11.6. The number of fused-ring (bicyclic) bond motifs is 3. The molecule has 2 aromatic heterocycles. The molecule has 0 fully saturated rings. The van der Waals surface area contributed by atoms with Crippen molar-refractivity contribution >= 4 is 33.7 Å². The molecule has 0 saturated heterocycles. The lowest BCUT2D eigenvalue weighted by Gasteiger charge is -2.21. The summed E-state index contributed by atoms with van der Waals surface area (Å²) < 4.78 is 7.13. The van der Waals surface area contributed by atoms with E-state index >= 15 is 0 Å². The Morgan fingerprint density at radius 1 is 0.923 bits per heavy atom. The molecule has 2 aromatic carbocycles. The number of ether oxygens (including phenoxy) is 1. The highest BCUT2D eigenvalue weighted by Gasteiger charge is 2.18. The fourth-order valence-electron chi connectivity index (χ4n) is 5.30. The Bertz CT molecular complexity index is 1390. The summed E-state index contributed by atoms with van der Waals surface area (Å²) in [6.07, 6.45) is 6.34. The van der Waals surface area contributed by atoms with Crippen LogP contribution in [0.15, 0.2) is 42.5 Å². The number of hydrogen-bond acceptors (Lipinski definition) is 6. The molecule has 0 aliphatic rings. The van der Waals surface area contributed by atoms with Gasteiger partial charge < -0.3 is 15.0 Å². The summed E-state index contributed by atoms with van der Waals surface area (Å²) >= 11 is 0. The normalized spacial score (nSPS) is 11.6. The van der Waals surface area contributed by atoms with Crippen LogP contribution in [0.3, 0.4) is 0 Å². The summed E-state index contributed by atoms with van der Waals surface area (Å²) in [5, 5.41) is 1.03. The van der Waals surface area contributed by atoms with E-state index in [9.17, 15) is 4.79 Å². The summed E-state index contributed by atoms with van der Waals surface area (Å²) in [7, 11) is 1.42. The van der Waals surface area contributed by atoms with Crippen LogP contribution in [0.4, 0.5) is 5.82 Å². The van der Waals surface area contributed by atoms with Crippen LogP contribution in [0.1, 0.15) is 75.4 Å². The summed E-state index contributed by atoms with van der Waals surface area (Å²) in [4.78, 5) is 23.9. The molecule has 0 unspecified atom stereocenters. The zero-order valence-electron chi connectivity index (χ0n) is 24.0. The molecule has 0 aliphatic heterocycles. The van der Waals surface area contributed by atoms with Crippen molar-refractivity contribution in [2.45, 2.75) is 78.8 Å². The number of imidazole rings is 1. The first-order valence-corrected chi connectivity index (χ1v) is 14.4. The fraction of sp³-hybridized carbons (Fsp3) is 0.469. The minimum atomic E-state index is -0.217. The van der Waals surface area contributed by atoms with Crippen LogP contribution in [0.25, 0.3) is 21.9 Å². The van der Waals surface area contributed by atoms with E-state index in [4.69, 9.17) is 20.4 Å². The van der Waals surface area contributed by atoms with Crippen LogP contribution in [0.2, 0.25) is 0 Å². The number of hydrogen-bond donors (Lipinski definition) is 1. The number of carbonyl (C=O) groups is 1. The lowest BCUT2D eigenvalue weighted by atomic mass is 10.1. The van der Waals surface area contributed by atoms with E-state index in [1.165, 1.54) is 31.1 Å². The molecule has 0 aliphatic carbocycles.